The van der Waals surface area contributed by atoms with Crippen LogP contribution in [-0.4, -0.2) is 6.61 Å². The number of rotatable bonds is 0. The van der Waals surface area contributed by atoms with Gasteiger partial charge < -0.3 is 4.74 Å². The van der Waals surface area contributed by atoms with Crippen molar-refractivity contribution in [2.45, 2.75) is 19.8 Å². The van der Waals surface area contributed by atoms with Gasteiger partial charge in [0.25, 0.3) is 0 Å². The third kappa shape index (κ3) is 1.36. The summed E-state index contributed by atoms with van der Waals surface area (Å²) in [5, 5.41) is 0. The van der Waals surface area contributed by atoms with E-state index in [1.165, 1.54) is 11.1 Å². The number of fused-ring (bicyclic) bond motifs is 1. The number of halogens is 1. The second-order valence-corrected chi connectivity index (χ2v) is 4.08. The second kappa shape index (κ2) is 3.09. The zero-order valence-electron chi connectivity index (χ0n) is 7.06. The molecule has 2 heteroatoms. The van der Waals surface area contributed by atoms with Crippen molar-refractivity contribution < 1.29 is 4.74 Å². The fourth-order valence-electron chi connectivity index (χ4n) is 1.63. The quantitative estimate of drug-likeness (QED) is 0.661. The standard InChI is InChI=1S/C10H11BrO/c1-7-5-9(11)6-8-3-2-4-12-10(7)8/h5-6H,2-4H2,1H3. The summed E-state index contributed by atoms with van der Waals surface area (Å²) in [5.74, 6) is 1.10. The van der Waals surface area contributed by atoms with Gasteiger partial charge in [-0.3, -0.25) is 0 Å². The summed E-state index contributed by atoms with van der Waals surface area (Å²) < 4.78 is 6.75. The third-order valence-corrected chi connectivity index (χ3v) is 2.61. The van der Waals surface area contributed by atoms with E-state index in [9.17, 15) is 0 Å². The minimum atomic E-state index is 0.871. The fraction of sp³-hybridized carbons (Fsp3) is 0.400. The van der Waals surface area contributed by atoms with Crippen LogP contribution in [0.4, 0.5) is 0 Å². The van der Waals surface area contributed by atoms with Crippen LogP contribution in [0.1, 0.15) is 17.5 Å². The van der Waals surface area contributed by atoms with Gasteiger partial charge in [-0.05, 0) is 43.0 Å². The molecule has 1 aliphatic rings. The Balaban J connectivity index is 2.53. The van der Waals surface area contributed by atoms with Gasteiger partial charge in [-0.1, -0.05) is 15.9 Å². The first kappa shape index (κ1) is 8.11. The van der Waals surface area contributed by atoms with Crippen molar-refractivity contribution in [2.24, 2.45) is 0 Å². The molecule has 0 spiro atoms. The van der Waals surface area contributed by atoms with E-state index < -0.39 is 0 Å². The molecule has 1 aliphatic heterocycles. The molecule has 0 bridgehead atoms. The molecule has 0 atom stereocenters. The Labute approximate surface area is 80.9 Å². The van der Waals surface area contributed by atoms with Crippen molar-refractivity contribution in [1.82, 2.24) is 0 Å². The number of benzene rings is 1. The van der Waals surface area contributed by atoms with Crippen molar-refractivity contribution in [2.75, 3.05) is 6.61 Å². The first-order chi connectivity index (χ1) is 5.77. The van der Waals surface area contributed by atoms with Gasteiger partial charge in [-0.25, -0.2) is 0 Å². The van der Waals surface area contributed by atoms with E-state index >= 15 is 0 Å². The van der Waals surface area contributed by atoms with Crippen LogP contribution in [0.5, 0.6) is 5.75 Å². The lowest BCUT2D eigenvalue weighted by Gasteiger charge is -2.19. The molecule has 1 heterocycles. The molecule has 0 N–H and O–H groups in total. The lowest BCUT2D eigenvalue weighted by atomic mass is 10.0. The maximum Gasteiger partial charge on any atom is 0.125 e. The van der Waals surface area contributed by atoms with Crippen LogP contribution >= 0.6 is 15.9 Å². The predicted octanol–water partition coefficient (Wildman–Crippen LogP) is 3.08. The normalized spacial score (nSPS) is 15.2. The molecule has 0 aliphatic carbocycles. The van der Waals surface area contributed by atoms with Crippen LogP contribution in [0.3, 0.4) is 0 Å². The number of hydrogen-bond acceptors (Lipinski definition) is 1. The van der Waals surface area contributed by atoms with Crippen molar-refractivity contribution in [3.63, 3.8) is 0 Å². The molecule has 0 radical (unpaired) electrons. The molecule has 1 aromatic carbocycles. The highest BCUT2D eigenvalue weighted by Crippen LogP contribution is 2.31. The number of hydrogen-bond donors (Lipinski definition) is 0. The highest BCUT2D eigenvalue weighted by atomic mass is 79.9. The smallest absolute Gasteiger partial charge is 0.125 e. The Bertz CT molecular complexity index is 307. The maximum absolute atomic E-state index is 5.59. The van der Waals surface area contributed by atoms with Gasteiger partial charge in [0.05, 0.1) is 6.61 Å². The maximum atomic E-state index is 5.59. The average molecular weight is 227 g/mol. The van der Waals surface area contributed by atoms with Crippen molar-refractivity contribution in [1.29, 1.82) is 0 Å². The number of ether oxygens (including phenoxy) is 1. The first-order valence-corrected chi connectivity index (χ1v) is 4.98. The first-order valence-electron chi connectivity index (χ1n) is 4.19. The van der Waals surface area contributed by atoms with Crippen molar-refractivity contribution >= 4 is 15.9 Å². The highest BCUT2D eigenvalue weighted by molar-refractivity contribution is 9.10. The molecule has 12 heavy (non-hydrogen) atoms. The van der Waals surface area contributed by atoms with E-state index in [0.717, 1.165) is 29.7 Å². The summed E-state index contributed by atoms with van der Waals surface area (Å²) in [6.07, 6.45) is 2.29. The molecule has 64 valence electrons. The van der Waals surface area contributed by atoms with Crippen LogP contribution < -0.4 is 4.74 Å². The molecule has 0 unspecified atom stereocenters. The summed E-state index contributed by atoms with van der Waals surface area (Å²) in [4.78, 5) is 0. The van der Waals surface area contributed by atoms with Crippen molar-refractivity contribution in [3.05, 3.63) is 27.7 Å². The van der Waals surface area contributed by atoms with Crippen molar-refractivity contribution in [3.8, 4) is 5.75 Å². The molecule has 0 amide bonds. The Kier molecular flexibility index (Phi) is 2.09. The Morgan fingerprint density at radius 3 is 3.08 bits per heavy atom. The average Bonchev–Trinajstić information content (AvgIpc) is 2.04. The van der Waals surface area contributed by atoms with Gasteiger partial charge in [0.2, 0.25) is 0 Å². The molecule has 2 rings (SSSR count). The third-order valence-electron chi connectivity index (χ3n) is 2.15. The summed E-state index contributed by atoms with van der Waals surface area (Å²) >= 11 is 3.49. The monoisotopic (exact) mass is 226 g/mol. The molecule has 0 saturated carbocycles. The van der Waals surface area contributed by atoms with Crippen LogP contribution in [0.15, 0.2) is 16.6 Å². The minimum Gasteiger partial charge on any atom is -0.493 e. The highest BCUT2D eigenvalue weighted by Gasteiger charge is 2.12. The topological polar surface area (TPSA) is 9.23 Å². The number of aryl methyl sites for hydroxylation is 2. The van der Waals surface area contributed by atoms with Gasteiger partial charge in [0, 0.05) is 4.47 Å². The Morgan fingerprint density at radius 1 is 1.42 bits per heavy atom. The molecular formula is C10H11BrO. The summed E-state index contributed by atoms with van der Waals surface area (Å²) in [5.41, 5.74) is 2.58. The zero-order chi connectivity index (χ0) is 8.55. The molecule has 0 saturated heterocycles. The van der Waals surface area contributed by atoms with E-state index in [2.05, 4.69) is 35.0 Å². The van der Waals surface area contributed by atoms with Crippen LogP contribution in [0, 0.1) is 6.92 Å². The van der Waals surface area contributed by atoms with Crippen LogP contribution in [0.2, 0.25) is 0 Å². The van der Waals surface area contributed by atoms with Crippen LogP contribution in [0.25, 0.3) is 0 Å². The van der Waals surface area contributed by atoms with E-state index in [-0.39, 0.29) is 0 Å². The van der Waals surface area contributed by atoms with E-state index in [0.29, 0.717) is 0 Å². The second-order valence-electron chi connectivity index (χ2n) is 3.16. The van der Waals surface area contributed by atoms with Gasteiger partial charge in [-0.15, -0.1) is 0 Å². The molecule has 0 aromatic heterocycles. The SMILES string of the molecule is Cc1cc(Br)cc2c1OCCC2. The Morgan fingerprint density at radius 2 is 2.25 bits per heavy atom. The summed E-state index contributed by atoms with van der Waals surface area (Å²) in [7, 11) is 0. The van der Waals surface area contributed by atoms with E-state index in [1.54, 1.807) is 0 Å². The fourth-order valence-corrected chi connectivity index (χ4v) is 2.25. The molecule has 1 nitrogen and oxygen atoms in total. The van der Waals surface area contributed by atoms with E-state index in [4.69, 9.17) is 4.74 Å². The predicted molar refractivity (Wildman–Crippen MR) is 52.7 cm³/mol. The van der Waals surface area contributed by atoms with E-state index in [1.807, 2.05) is 0 Å². The van der Waals surface area contributed by atoms with Gasteiger partial charge in [-0.2, -0.15) is 0 Å². The minimum absolute atomic E-state index is 0.871. The van der Waals surface area contributed by atoms with Crippen LogP contribution in [-0.2, 0) is 6.42 Å². The molecule has 0 fully saturated rings. The summed E-state index contributed by atoms with van der Waals surface area (Å²) in [6.45, 7) is 2.96. The molecular weight excluding hydrogens is 216 g/mol. The summed E-state index contributed by atoms with van der Waals surface area (Å²) in [6, 6.07) is 4.26. The lowest BCUT2D eigenvalue weighted by Crippen LogP contribution is -2.09. The lowest BCUT2D eigenvalue weighted by molar-refractivity contribution is 0.286. The largest absolute Gasteiger partial charge is 0.493 e. The molecule has 1 aromatic rings. The zero-order valence-corrected chi connectivity index (χ0v) is 8.65. The van der Waals surface area contributed by atoms with Gasteiger partial charge in [0.1, 0.15) is 5.75 Å². The van der Waals surface area contributed by atoms with Gasteiger partial charge in [0.15, 0.2) is 0 Å². The van der Waals surface area contributed by atoms with Gasteiger partial charge >= 0.3 is 0 Å². The Hall–Kier alpha value is -0.500.